The van der Waals surface area contributed by atoms with Crippen LogP contribution in [0.5, 0.6) is 0 Å². The van der Waals surface area contributed by atoms with E-state index in [0.717, 1.165) is 5.56 Å². The summed E-state index contributed by atoms with van der Waals surface area (Å²) < 4.78 is 10.9. The van der Waals surface area contributed by atoms with Crippen molar-refractivity contribution in [3.8, 4) is 0 Å². The molecule has 1 heterocycles. The van der Waals surface area contributed by atoms with E-state index in [1.807, 2.05) is 51.1 Å². The maximum absolute atomic E-state index is 12.3. The van der Waals surface area contributed by atoms with Gasteiger partial charge >= 0.3 is 6.09 Å². The lowest BCUT2D eigenvalue weighted by Gasteiger charge is -2.38. The van der Waals surface area contributed by atoms with Crippen LogP contribution in [-0.4, -0.2) is 53.6 Å². The molecule has 0 aliphatic carbocycles. The Hall–Kier alpha value is -1.59. The van der Waals surface area contributed by atoms with E-state index >= 15 is 0 Å². The van der Waals surface area contributed by atoms with Gasteiger partial charge in [-0.2, -0.15) is 0 Å². The number of benzene rings is 1. The summed E-state index contributed by atoms with van der Waals surface area (Å²) in [6.45, 7) is 6.73. The molecule has 1 aromatic carbocycles. The van der Waals surface area contributed by atoms with Crippen LogP contribution < -0.4 is 0 Å². The lowest BCUT2D eigenvalue weighted by atomic mass is 10.0. The normalized spacial score (nSPS) is 20.5. The molecule has 22 heavy (non-hydrogen) atoms. The van der Waals surface area contributed by atoms with Crippen molar-refractivity contribution >= 4 is 6.09 Å². The first-order valence-corrected chi connectivity index (χ1v) is 7.66. The average Bonchev–Trinajstić information content (AvgIpc) is 2.46. The molecule has 1 fully saturated rings. The third kappa shape index (κ3) is 4.71. The number of carbonyl (C=O) groups is 1. The van der Waals surface area contributed by atoms with Gasteiger partial charge < -0.3 is 14.6 Å². The predicted octanol–water partition coefficient (Wildman–Crippen LogP) is 2.23. The van der Waals surface area contributed by atoms with Gasteiger partial charge in [-0.15, -0.1) is 0 Å². The number of amides is 1. The Labute approximate surface area is 131 Å². The molecule has 5 nitrogen and oxygen atoms in total. The van der Waals surface area contributed by atoms with Gasteiger partial charge in [-0.3, -0.25) is 4.90 Å². The van der Waals surface area contributed by atoms with E-state index in [-0.39, 0.29) is 6.04 Å². The minimum atomic E-state index is -0.685. The average molecular weight is 307 g/mol. The molecule has 1 aliphatic rings. The SMILES string of the molecule is CC(C)(C)OC(=O)N1CCOCC1C(O)Cc1ccccc1. The summed E-state index contributed by atoms with van der Waals surface area (Å²) in [5.41, 5.74) is 0.481. The van der Waals surface area contributed by atoms with Crippen LogP contribution in [0.1, 0.15) is 26.3 Å². The van der Waals surface area contributed by atoms with Gasteiger partial charge in [0, 0.05) is 13.0 Å². The molecule has 0 saturated carbocycles. The van der Waals surface area contributed by atoms with Crippen LogP contribution >= 0.6 is 0 Å². The number of ether oxygens (including phenoxy) is 2. The van der Waals surface area contributed by atoms with E-state index in [4.69, 9.17) is 9.47 Å². The Morgan fingerprint density at radius 1 is 1.41 bits per heavy atom. The lowest BCUT2D eigenvalue weighted by molar-refractivity contribution is -0.0660. The van der Waals surface area contributed by atoms with E-state index < -0.39 is 17.8 Å². The maximum Gasteiger partial charge on any atom is 0.410 e. The molecule has 2 atom stereocenters. The summed E-state index contributed by atoms with van der Waals surface area (Å²) >= 11 is 0. The van der Waals surface area contributed by atoms with Crippen LogP contribution in [0.3, 0.4) is 0 Å². The van der Waals surface area contributed by atoms with E-state index in [1.165, 1.54) is 0 Å². The summed E-state index contributed by atoms with van der Waals surface area (Å²) in [5, 5.41) is 10.5. The molecule has 1 saturated heterocycles. The number of aliphatic hydroxyl groups is 1. The van der Waals surface area contributed by atoms with Crippen LogP contribution in [-0.2, 0) is 15.9 Å². The number of hydrogen-bond donors (Lipinski definition) is 1. The highest BCUT2D eigenvalue weighted by Gasteiger charge is 2.35. The highest BCUT2D eigenvalue weighted by molar-refractivity contribution is 5.68. The van der Waals surface area contributed by atoms with Crippen LogP contribution in [0.25, 0.3) is 0 Å². The fourth-order valence-corrected chi connectivity index (χ4v) is 2.48. The van der Waals surface area contributed by atoms with Gasteiger partial charge in [-0.05, 0) is 26.3 Å². The molecule has 1 aliphatic heterocycles. The van der Waals surface area contributed by atoms with E-state index in [2.05, 4.69) is 0 Å². The van der Waals surface area contributed by atoms with Crippen molar-refractivity contribution in [3.63, 3.8) is 0 Å². The molecular formula is C17H25NO4. The number of aliphatic hydroxyl groups excluding tert-OH is 1. The Bertz CT molecular complexity index is 483. The highest BCUT2D eigenvalue weighted by Crippen LogP contribution is 2.18. The van der Waals surface area contributed by atoms with Crippen LogP contribution in [0.2, 0.25) is 0 Å². The third-order valence-corrected chi connectivity index (χ3v) is 3.53. The molecule has 2 unspecified atom stereocenters. The summed E-state index contributed by atoms with van der Waals surface area (Å²) in [4.78, 5) is 13.9. The van der Waals surface area contributed by atoms with Crippen LogP contribution in [0.4, 0.5) is 4.79 Å². The Kier molecular flexibility index (Phi) is 5.42. The molecule has 2 rings (SSSR count). The largest absolute Gasteiger partial charge is 0.444 e. The Morgan fingerprint density at radius 3 is 2.73 bits per heavy atom. The molecule has 1 amide bonds. The second kappa shape index (κ2) is 7.11. The zero-order chi connectivity index (χ0) is 16.2. The number of morpholine rings is 1. The molecule has 122 valence electrons. The highest BCUT2D eigenvalue weighted by atomic mass is 16.6. The van der Waals surface area contributed by atoms with Gasteiger partial charge in [0.15, 0.2) is 0 Å². The van der Waals surface area contributed by atoms with E-state index in [0.29, 0.717) is 26.2 Å². The molecule has 0 spiro atoms. The van der Waals surface area contributed by atoms with Gasteiger partial charge in [0.05, 0.1) is 25.4 Å². The van der Waals surface area contributed by atoms with Crippen molar-refractivity contribution in [3.05, 3.63) is 35.9 Å². The lowest BCUT2D eigenvalue weighted by Crippen LogP contribution is -2.55. The van der Waals surface area contributed by atoms with E-state index in [9.17, 15) is 9.90 Å². The van der Waals surface area contributed by atoms with Gasteiger partial charge in [-0.25, -0.2) is 4.79 Å². The first kappa shape index (κ1) is 16.8. The summed E-state index contributed by atoms with van der Waals surface area (Å²) in [7, 11) is 0. The summed E-state index contributed by atoms with van der Waals surface area (Å²) in [5.74, 6) is 0. The Morgan fingerprint density at radius 2 is 2.09 bits per heavy atom. The minimum Gasteiger partial charge on any atom is -0.444 e. The minimum absolute atomic E-state index is 0.327. The molecule has 1 aromatic rings. The van der Waals surface area contributed by atoms with Crippen molar-refractivity contribution in [1.82, 2.24) is 4.90 Å². The summed E-state index contributed by atoms with van der Waals surface area (Å²) in [6.07, 6.45) is -0.600. The molecule has 0 aromatic heterocycles. The van der Waals surface area contributed by atoms with E-state index in [1.54, 1.807) is 4.90 Å². The second-order valence-corrected chi connectivity index (χ2v) is 6.57. The molecule has 0 radical (unpaired) electrons. The monoisotopic (exact) mass is 307 g/mol. The molecule has 0 bridgehead atoms. The number of rotatable bonds is 3. The standard InChI is InChI=1S/C17H25NO4/c1-17(2,3)22-16(20)18-9-10-21-12-14(18)15(19)11-13-7-5-4-6-8-13/h4-8,14-15,19H,9-12H2,1-3H3. The Balaban J connectivity index is 2.04. The fourth-order valence-electron chi connectivity index (χ4n) is 2.48. The molecule has 5 heteroatoms. The number of nitrogens with zero attached hydrogens (tertiary/aromatic N) is 1. The van der Waals surface area contributed by atoms with Crippen molar-refractivity contribution in [2.45, 2.75) is 44.9 Å². The third-order valence-electron chi connectivity index (χ3n) is 3.53. The maximum atomic E-state index is 12.3. The molecular weight excluding hydrogens is 282 g/mol. The second-order valence-electron chi connectivity index (χ2n) is 6.57. The summed E-state index contributed by atoms with van der Waals surface area (Å²) in [6, 6.07) is 9.35. The first-order chi connectivity index (χ1) is 10.4. The topological polar surface area (TPSA) is 59.0 Å². The number of carbonyl (C=O) groups excluding carboxylic acids is 1. The van der Waals surface area contributed by atoms with Gasteiger partial charge in [0.2, 0.25) is 0 Å². The molecule has 1 N–H and O–H groups in total. The predicted molar refractivity (Wildman–Crippen MR) is 83.7 cm³/mol. The van der Waals surface area contributed by atoms with Crippen LogP contribution in [0, 0.1) is 0 Å². The van der Waals surface area contributed by atoms with Crippen molar-refractivity contribution in [2.24, 2.45) is 0 Å². The van der Waals surface area contributed by atoms with Gasteiger partial charge in [-0.1, -0.05) is 30.3 Å². The fraction of sp³-hybridized carbons (Fsp3) is 0.588. The zero-order valence-electron chi connectivity index (χ0n) is 13.5. The van der Waals surface area contributed by atoms with Crippen molar-refractivity contribution in [2.75, 3.05) is 19.8 Å². The first-order valence-electron chi connectivity index (χ1n) is 7.66. The van der Waals surface area contributed by atoms with Gasteiger partial charge in [0.1, 0.15) is 5.60 Å². The van der Waals surface area contributed by atoms with Crippen molar-refractivity contribution < 1.29 is 19.4 Å². The number of hydrogen-bond acceptors (Lipinski definition) is 4. The van der Waals surface area contributed by atoms with Gasteiger partial charge in [0.25, 0.3) is 0 Å². The quantitative estimate of drug-likeness (QED) is 0.930. The van der Waals surface area contributed by atoms with Crippen molar-refractivity contribution in [1.29, 1.82) is 0 Å². The smallest absolute Gasteiger partial charge is 0.410 e. The zero-order valence-corrected chi connectivity index (χ0v) is 13.5. The van der Waals surface area contributed by atoms with Crippen LogP contribution in [0.15, 0.2) is 30.3 Å².